The SMILES string of the molecule is CSc1ccc(OCc2ccc(F)cc2C(N)=NO)cc1. The number of halogens is 1. The van der Waals surface area contributed by atoms with Gasteiger partial charge >= 0.3 is 0 Å². The Balaban J connectivity index is 2.15. The first kappa shape index (κ1) is 15.2. The lowest BCUT2D eigenvalue weighted by Gasteiger charge is -2.10. The Hall–Kier alpha value is -2.21. The van der Waals surface area contributed by atoms with Crippen LogP contribution in [0.15, 0.2) is 52.5 Å². The summed E-state index contributed by atoms with van der Waals surface area (Å²) in [6, 6.07) is 11.7. The number of rotatable bonds is 5. The lowest BCUT2D eigenvalue weighted by molar-refractivity contribution is 0.304. The Morgan fingerprint density at radius 3 is 2.62 bits per heavy atom. The topological polar surface area (TPSA) is 67.8 Å². The van der Waals surface area contributed by atoms with Gasteiger partial charge < -0.3 is 15.7 Å². The van der Waals surface area contributed by atoms with Crippen molar-refractivity contribution in [3.63, 3.8) is 0 Å². The van der Waals surface area contributed by atoms with Crippen molar-refractivity contribution in [3.8, 4) is 5.75 Å². The van der Waals surface area contributed by atoms with Crippen LogP contribution in [0.3, 0.4) is 0 Å². The van der Waals surface area contributed by atoms with Crippen molar-refractivity contribution < 1.29 is 14.3 Å². The number of oxime groups is 1. The van der Waals surface area contributed by atoms with Crippen LogP contribution in [0.4, 0.5) is 4.39 Å². The zero-order chi connectivity index (χ0) is 15.2. The predicted octanol–water partition coefficient (Wildman–Crippen LogP) is 3.22. The predicted molar refractivity (Wildman–Crippen MR) is 81.5 cm³/mol. The summed E-state index contributed by atoms with van der Waals surface area (Å²) in [7, 11) is 0. The average molecular weight is 306 g/mol. The number of thioether (sulfide) groups is 1. The number of nitrogens with zero attached hydrogens (tertiary/aromatic N) is 1. The van der Waals surface area contributed by atoms with Gasteiger partial charge in [0.2, 0.25) is 0 Å². The van der Waals surface area contributed by atoms with E-state index in [-0.39, 0.29) is 12.4 Å². The van der Waals surface area contributed by atoms with Gasteiger partial charge in [-0.05, 0) is 42.7 Å². The Bertz CT molecular complexity index is 645. The first-order valence-corrected chi connectivity index (χ1v) is 7.39. The van der Waals surface area contributed by atoms with Gasteiger partial charge in [0.15, 0.2) is 5.84 Å². The van der Waals surface area contributed by atoms with Crippen LogP contribution in [0.2, 0.25) is 0 Å². The van der Waals surface area contributed by atoms with Crippen LogP contribution in [0.5, 0.6) is 5.75 Å². The van der Waals surface area contributed by atoms with E-state index >= 15 is 0 Å². The molecule has 0 radical (unpaired) electrons. The van der Waals surface area contributed by atoms with Crippen LogP contribution in [0.1, 0.15) is 11.1 Å². The second-order valence-electron chi connectivity index (χ2n) is 4.25. The number of ether oxygens (including phenoxy) is 1. The molecule has 2 rings (SSSR count). The van der Waals surface area contributed by atoms with Crippen molar-refractivity contribution in [1.29, 1.82) is 0 Å². The molecule has 0 aliphatic rings. The molecule has 0 fully saturated rings. The Labute approximate surface area is 126 Å². The van der Waals surface area contributed by atoms with Crippen molar-refractivity contribution in [1.82, 2.24) is 0 Å². The number of amidine groups is 1. The molecule has 0 bridgehead atoms. The van der Waals surface area contributed by atoms with Crippen LogP contribution in [0.25, 0.3) is 0 Å². The summed E-state index contributed by atoms with van der Waals surface area (Å²) in [5, 5.41) is 11.7. The molecule has 0 amide bonds. The highest BCUT2D eigenvalue weighted by Crippen LogP contribution is 2.20. The molecule has 4 nitrogen and oxygen atoms in total. The van der Waals surface area contributed by atoms with Crippen LogP contribution >= 0.6 is 11.8 Å². The van der Waals surface area contributed by atoms with Gasteiger partial charge in [-0.15, -0.1) is 11.8 Å². The number of nitrogens with two attached hydrogens (primary N) is 1. The fraction of sp³-hybridized carbons (Fsp3) is 0.133. The van der Waals surface area contributed by atoms with Crippen molar-refractivity contribution in [2.24, 2.45) is 10.9 Å². The number of hydrogen-bond donors (Lipinski definition) is 2. The maximum absolute atomic E-state index is 13.3. The molecule has 0 aliphatic carbocycles. The quantitative estimate of drug-likeness (QED) is 0.293. The van der Waals surface area contributed by atoms with Gasteiger partial charge in [0.05, 0.1) is 0 Å². The van der Waals surface area contributed by atoms with Crippen LogP contribution in [-0.2, 0) is 6.61 Å². The molecule has 0 unspecified atom stereocenters. The standard InChI is InChI=1S/C15H15FN2O2S/c1-21-13-6-4-12(5-7-13)20-9-10-2-3-11(16)8-14(10)15(17)18-19/h2-8,19H,9H2,1H3,(H2,17,18). The lowest BCUT2D eigenvalue weighted by Crippen LogP contribution is -2.16. The zero-order valence-electron chi connectivity index (χ0n) is 11.4. The number of hydrogen-bond acceptors (Lipinski definition) is 4. The minimum Gasteiger partial charge on any atom is -0.489 e. The van der Waals surface area contributed by atoms with Crippen LogP contribution in [0, 0.1) is 5.82 Å². The van der Waals surface area contributed by atoms with E-state index < -0.39 is 5.82 Å². The minimum absolute atomic E-state index is 0.147. The van der Waals surface area contributed by atoms with E-state index in [1.165, 1.54) is 12.1 Å². The fourth-order valence-corrected chi connectivity index (χ4v) is 2.21. The number of benzene rings is 2. The largest absolute Gasteiger partial charge is 0.489 e. The first-order valence-electron chi connectivity index (χ1n) is 6.17. The van der Waals surface area contributed by atoms with Crippen LogP contribution < -0.4 is 10.5 Å². The van der Waals surface area contributed by atoms with Crippen molar-refractivity contribution >= 4 is 17.6 Å². The van der Waals surface area contributed by atoms with Gasteiger partial charge in [0.25, 0.3) is 0 Å². The van der Waals surface area contributed by atoms with E-state index in [9.17, 15) is 4.39 Å². The summed E-state index contributed by atoms with van der Waals surface area (Å²) >= 11 is 1.65. The molecule has 0 saturated carbocycles. The lowest BCUT2D eigenvalue weighted by atomic mass is 10.1. The third kappa shape index (κ3) is 3.88. The minimum atomic E-state index is -0.454. The molecule has 110 valence electrons. The van der Waals surface area contributed by atoms with Crippen molar-refractivity contribution in [2.75, 3.05) is 6.26 Å². The summed E-state index contributed by atoms with van der Waals surface area (Å²) in [6.45, 7) is 0.199. The third-order valence-electron chi connectivity index (χ3n) is 2.91. The zero-order valence-corrected chi connectivity index (χ0v) is 12.2. The van der Waals surface area contributed by atoms with E-state index in [2.05, 4.69) is 5.16 Å². The summed E-state index contributed by atoms with van der Waals surface area (Å²) in [6.07, 6.45) is 2.00. The van der Waals surface area contributed by atoms with Gasteiger partial charge in [0, 0.05) is 16.0 Å². The van der Waals surface area contributed by atoms with Gasteiger partial charge in [0.1, 0.15) is 18.2 Å². The molecule has 3 N–H and O–H groups in total. The average Bonchev–Trinajstić information content (AvgIpc) is 2.53. The third-order valence-corrected chi connectivity index (χ3v) is 3.65. The first-order chi connectivity index (χ1) is 10.1. The Morgan fingerprint density at radius 2 is 2.00 bits per heavy atom. The van der Waals surface area contributed by atoms with Crippen molar-refractivity contribution in [3.05, 3.63) is 59.4 Å². The Morgan fingerprint density at radius 1 is 1.29 bits per heavy atom. The molecule has 0 spiro atoms. The second-order valence-corrected chi connectivity index (χ2v) is 5.13. The van der Waals surface area contributed by atoms with Gasteiger partial charge in [-0.3, -0.25) is 0 Å². The molecular formula is C15H15FN2O2S. The molecule has 21 heavy (non-hydrogen) atoms. The maximum atomic E-state index is 13.3. The fourth-order valence-electron chi connectivity index (χ4n) is 1.80. The van der Waals surface area contributed by atoms with E-state index in [1.54, 1.807) is 17.8 Å². The summed E-state index contributed by atoms with van der Waals surface area (Å²) in [5.74, 6) is 0.0955. The van der Waals surface area contributed by atoms with E-state index in [4.69, 9.17) is 15.7 Å². The molecule has 2 aromatic carbocycles. The van der Waals surface area contributed by atoms with E-state index in [0.29, 0.717) is 16.9 Å². The van der Waals surface area contributed by atoms with Gasteiger partial charge in [-0.2, -0.15) is 0 Å². The molecule has 6 heteroatoms. The smallest absolute Gasteiger partial charge is 0.170 e. The molecule has 0 saturated heterocycles. The highest BCUT2D eigenvalue weighted by atomic mass is 32.2. The van der Waals surface area contributed by atoms with Gasteiger partial charge in [-0.1, -0.05) is 11.2 Å². The van der Waals surface area contributed by atoms with Crippen molar-refractivity contribution in [2.45, 2.75) is 11.5 Å². The molecule has 2 aromatic rings. The summed E-state index contributed by atoms with van der Waals surface area (Å²) in [4.78, 5) is 1.14. The summed E-state index contributed by atoms with van der Waals surface area (Å²) < 4.78 is 18.9. The summed E-state index contributed by atoms with van der Waals surface area (Å²) in [5.41, 5.74) is 6.50. The van der Waals surface area contributed by atoms with Gasteiger partial charge in [-0.25, -0.2) is 4.39 Å². The van der Waals surface area contributed by atoms with E-state index in [0.717, 1.165) is 4.90 Å². The Kier molecular flexibility index (Phi) is 5.05. The monoisotopic (exact) mass is 306 g/mol. The second kappa shape index (κ2) is 6.99. The normalized spacial score (nSPS) is 11.4. The molecular weight excluding hydrogens is 291 g/mol. The maximum Gasteiger partial charge on any atom is 0.170 e. The molecule has 0 aromatic heterocycles. The molecule has 0 heterocycles. The van der Waals surface area contributed by atoms with E-state index in [1.807, 2.05) is 30.5 Å². The highest BCUT2D eigenvalue weighted by molar-refractivity contribution is 7.98. The van der Waals surface area contributed by atoms with Crippen LogP contribution in [-0.4, -0.2) is 17.3 Å². The highest BCUT2D eigenvalue weighted by Gasteiger charge is 2.09. The molecule has 0 atom stereocenters. The molecule has 0 aliphatic heterocycles.